The number of hydrogen-bond acceptors (Lipinski definition) is 3. The number of piperidine rings is 1. The molecule has 1 aliphatic carbocycles. The van der Waals surface area contributed by atoms with Crippen molar-refractivity contribution in [3.63, 3.8) is 0 Å². The molecule has 5 rings (SSSR count). The van der Waals surface area contributed by atoms with Crippen LogP contribution >= 0.6 is 46.4 Å². The van der Waals surface area contributed by atoms with Gasteiger partial charge in [-0.05, 0) is 59.5 Å². The Labute approximate surface area is 228 Å². The molecule has 1 heterocycles. The largest absolute Gasteiger partial charge is 0.322 e. The molecule has 2 fully saturated rings. The van der Waals surface area contributed by atoms with E-state index < -0.39 is 18.1 Å². The van der Waals surface area contributed by atoms with E-state index in [4.69, 9.17) is 52.1 Å². The van der Waals surface area contributed by atoms with Crippen molar-refractivity contribution in [1.82, 2.24) is 4.90 Å². The van der Waals surface area contributed by atoms with Crippen molar-refractivity contribution in [2.24, 2.45) is 5.73 Å². The monoisotopic (exact) mass is 556 g/mol. The van der Waals surface area contributed by atoms with Crippen LogP contribution in [0.1, 0.15) is 16.7 Å². The zero-order valence-corrected chi connectivity index (χ0v) is 21.8. The molecule has 3 aromatic carbocycles. The molecule has 1 aliphatic heterocycles. The number of Topliss-reactive ketones (excluding diaryl/α,β-unsaturated/α-hetero) is 1. The first kappa shape index (κ1) is 25.1. The minimum Gasteiger partial charge on any atom is -0.322 e. The molecule has 0 spiro atoms. The van der Waals surface area contributed by atoms with Gasteiger partial charge in [-0.1, -0.05) is 88.9 Å². The number of fused-ring (bicyclic) bond motifs is 1. The predicted octanol–water partition coefficient (Wildman–Crippen LogP) is 6.50. The lowest BCUT2D eigenvalue weighted by Gasteiger charge is -2.16. The third kappa shape index (κ3) is 4.84. The van der Waals surface area contributed by atoms with Crippen LogP contribution < -0.4 is 5.73 Å². The molecule has 2 N–H and O–H groups in total. The Morgan fingerprint density at radius 1 is 0.806 bits per heavy atom. The standard InChI is InChI=1S/C28H20Cl4N2O2/c29-20-8-6-16(12-22(20)31)10-18-25-26(19(27(18)35)11-17-7-9-21(30)23(32)13-17)34(25)28(36)24(33)14-15-4-2-1-3-5-15/h1-13,24-26H,14,33H2/b18-10+,19-11+/t24-,25?,26?,34?/m0/s1. The molecule has 36 heavy (non-hydrogen) atoms. The first-order chi connectivity index (χ1) is 17.2. The van der Waals surface area contributed by atoms with E-state index in [9.17, 15) is 9.59 Å². The zero-order chi connectivity index (χ0) is 25.6. The Morgan fingerprint density at radius 3 is 1.78 bits per heavy atom. The van der Waals surface area contributed by atoms with Gasteiger partial charge in [0.15, 0.2) is 5.78 Å². The normalized spacial score (nSPS) is 21.7. The molecule has 3 atom stereocenters. The highest BCUT2D eigenvalue weighted by Gasteiger charge is 2.63. The summed E-state index contributed by atoms with van der Waals surface area (Å²) in [4.78, 5) is 28.5. The van der Waals surface area contributed by atoms with Crippen LogP contribution in [0.2, 0.25) is 20.1 Å². The summed E-state index contributed by atoms with van der Waals surface area (Å²) in [5.74, 6) is -0.343. The van der Waals surface area contributed by atoms with Gasteiger partial charge in [0.05, 0.1) is 38.2 Å². The molecule has 8 heteroatoms. The van der Waals surface area contributed by atoms with Gasteiger partial charge in [-0.3, -0.25) is 9.59 Å². The topological polar surface area (TPSA) is 63.2 Å². The van der Waals surface area contributed by atoms with Gasteiger partial charge in [0.2, 0.25) is 5.91 Å². The molecule has 1 saturated carbocycles. The smallest absolute Gasteiger partial charge is 0.241 e. The van der Waals surface area contributed by atoms with Crippen molar-refractivity contribution in [2.45, 2.75) is 24.5 Å². The third-order valence-electron chi connectivity index (χ3n) is 6.37. The van der Waals surface area contributed by atoms with Gasteiger partial charge in [-0.2, -0.15) is 0 Å². The van der Waals surface area contributed by atoms with Gasteiger partial charge >= 0.3 is 0 Å². The van der Waals surface area contributed by atoms with Crippen molar-refractivity contribution in [1.29, 1.82) is 0 Å². The Hall–Kier alpha value is -2.60. The van der Waals surface area contributed by atoms with E-state index >= 15 is 0 Å². The summed E-state index contributed by atoms with van der Waals surface area (Å²) in [6.07, 6.45) is 3.92. The van der Waals surface area contributed by atoms with E-state index in [1.165, 1.54) is 0 Å². The van der Waals surface area contributed by atoms with Gasteiger partial charge in [-0.25, -0.2) is 0 Å². The molecular weight excluding hydrogens is 538 g/mol. The highest BCUT2D eigenvalue weighted by Crippen LogP contribution is 2.49. The minimum atomic E-state index is -0.731. The second-order valence-electron chi connectivity index (χ2n) is 8.81. The first-order valence-corrected chi connectivity index (χ1v) is 12.8. The van der Waals surface area contributed by atoms with Crippen LogP contribution in [0.25, 0.3) is 12.2 Å². The van der Waals surface area contributed by atoms with E-state index in [-0.39, 0.29) is 11.7 Å². The van der Waals surface area contributed by atoms with Crippen LogP contribution in [0.5, 0.6) is 0 Å². The van der Waals surface area contributed by atoms with Crippen molar-refractivity contribution >= 4 is 70.2 Å². The van der Waals surface area contributed by atoms with Crippen LogP contribution in [0, 0.1) is 0 Å². The lowest BCUT2D eigenvalue weighted by Crippen LogP contribution is -2.39. The van der Waals surface area contributed by atoms with Gasteiger partial charge in [0, 0.05) is 11.1 Å². The maximum atomic E-state index is 13.5. The highest BCUT2D eigenvalue weighted by molar-refractivity contribution is 6.42. The summed E-state index contributed by atoms with van der Waals surface area (Å²) in [7, 11) is 0. The Kier molecular flexibility index (Phi) is 6.99. The summed E-state index contributed by atoms with van der Waals surface area (Å²) < 4.78 is 0. The lowest BCUT2D eigenvalue weighted by atomic mass is 10.0. The van der Waals surface area contributed by atoms with Gasteiger partial charge in [0.1, 0.15) is 0 Å². The molecule has 2 unspecified atom stereocenters. The van der Waals surface area contributed by atoms with E-state index in [2.05, 4.69) is 0 Å². The number of nitrogens with two attached hydrogens (primary N) is 1. The number of carbonyl (C=O) groups is 2. The fraction of sp³-hybridized carbons (Fsp3) is 0.143. The van der Waals surface area contributed by atoms with E-state index in [0.29, 0.717) is 37.7 Å². The molecule has 0 radical (unpaired) electrons. The third-order valence-corrected chi connectivity index (χ3v) is 7.85. The van der Waals surface area contributed by atoms with Crippen molar-refractivity contribution in [2.75, 3.05) is 0 Å². The Morgan fingerprint density at radius 2 is 1.31 bits per heavy atom. The SMILES string of the molecule is N[C@@H](Cc1ccccc1)C(=O)N1C2/C(=C\c3ccc(Cl)c(Cl)c3)C(=O)/C(=C/c3ccc(Cl)c(Cl)c3)C21. The quantitative estimate of drug-likeness (QED) is 0.288. The molecule has 1 saturated heterocycles. The number of ketones is 1. The van der Waals surface area contributed by atoms with Gasteiger partial charge in [0.25, 0.3) is 0 Å². The predicted molar refractivity (Wildman–Crippen MR) is 146 cm³/mol. The Bertz CT molecular complexity index is 1360. The average molecular weight is 558 g/mol. The van der Waals surface area contributed by atoms with Crippen molar-refractivity contribution in [3.05, 3.63) is 115 Å². The molecule has 182 valence electrons. The number of benzene rings is 3. The summed E-state index contributed by atoms with van der Waals surface area (Å²) in [6, 6.07) is 18.4. The van der Waals surface area contributed by atoms with Gasteiger partial charge < -0.3 is 10.6 Å². The Balaban J connectivity index is 1.49. The first-order valence-electron chi connectivity index (χ1n) is 11.2. The summed E-state index contributed by atoms with van der Waals surface area (Å²) in [5.41, 5.74) is 9.73. The number of amides is 1. The fourth-order valence-corrected chi connectivity index (χ4v) is 5.21. The summed E-state index contributed by atoms with van der Waals surface area (Å²) in [6.45, 7) is 0. The zero-order valence-electron chi connectivity index (χ0n) is 18.8. The summed E-state index contributed by atoms with van der Waals surface area (Å²) >= 11 is 24.5. The van der Waals surface area contributed by atoms with E-state index in [1.807, 2.05) is 30.3 Å². The van der Waals surface area contributed by atoms with Crippen LogP contribution in [-0.4, -0.2) is 34.7 Å². The second kappa shape index (κ2) is 10.0. The molecule has 2 aliphatic rings. The maximum Gasteiger partial charge on any atom is 0.241 e. The molecule has 0 bridgehead atoms. The second-order valence-corrected chi connectivity index (χ2v) is 10.4. The average Bonchev–Trinajstić information content (AvgIpc) is 3.53. The van der Waals surface area contributed by atoms with E-state index in [1.54, 1.807) is 53.5 Å². The van der Waals surface area contributed by atoms with Crippen LogP contribution in [0.3, 0.4) is 0 Å². The van der Waals surface area contributed by atoms with Crippen LogP contribution in [0.15, 0.2) is 77.9 Å². The molecule has 0 aromatic heterocycles. The van der Waals surface area contributed by atoms with Crippen molar-refractivity contribution < 1.29 is 9.59 Å². The number of carbonyl (C=O) groups excluding carboxylic acids is 2. The van der Waals surface area contributed by atoms with Crippen molar-refractivity contribution in [3.8, 4) is 0 Å². The number of nitrogens with zero attached hydrogens (tertiary/aromatic N) is 1. The number of halogens is 4. The van der Waals surface area contributed by atoms with Crippen LogP contribution in [-0.2, 0) is 16.0 Å². The highest BCUT2D eigenvalue weighted by atomic mass is 35.5. The van der Waals surface area contributed by atoms with Gasteiger partial charge in [-0.15, -0.1) is 0 Å². The van der Waals surface area contributed by atoms with E-state index in [0.717, 1.165) is 16.7 Å². The fourth-order valence-electron chi connectivity index (χ4n) is 4.59. The number of likely N-dealkylation sites (tertiary alicyclic amines) is 1. The molecule has 4 nitrogen and oxygen atoms in total. The van der Waals surface area contributed by atoms with Crippen LogP contribution in [0.4, 0.5) is 0 Å². The summed E-state index contributed by atoms with van der Waals surface area (Å²) in [5, 5.41) is 1.61. The molecule has 1 amide bonds. The molecule has 3 aromatic rings. The number of hydrogen-bond donors (Lipinski definition) is 1. The maximum absolute atomic E-state index is 13.5. The minimum absolute atomic E-state index is 0.136. The number of rotatable bonds is 5. The lowest BCUT2D eigenvalue weighted by molar-refractivity contribution is -0.128. The molecular formula is C28H20Cl4N2O2.